The molecule has 1 aliphatic heterocycles. The molecule has 2 aliphatic carbocycles. The maximum Gasteiger partial charge on any atom is 0.0575 e. The zero-order valence-corrected chi connectivity index (χ0v) is 16.9. The highest BCUT2D eigenvalue weighted by atomic mass is 16.5. The van der Waals surface area contributed by atoms with E-state index in [0.717, 1.165) is 36.2 Å². The van der Waals surface area contributed by atoms with Gasteiger partial charge in [-0.3, -0.25) is 0 Å². The summed E-state index contributed by atoms with van der Waals surface area (Å²) in [5, 5.41) is 0. The van der Waals surface area contributed by atoms with Gasteiger partial charge in [-0.15, -0.1) is 0 Å². The minimum atomic E-state index is 0.573. The third-order valence-corrected chi connectivity index (χ3v) is 7.62. The van der Waals surface area contributed by atoms with Crippen LogP contribution in [0.1, 0.15) is 97.3 Å². The Morgan fingerprint density at radius 1 is 0.720 bits per heavy atom. The Bertz CT molecular complexity index is 377. The molecule has 1 heteroatoms. The van der Waals surface area contributed by atoms with E-state index in [2.05, 4.69) is 26.0 Å². The average molecular weight is 347 g/mol. The SMILES string of the molecule is CCCC1CCC(C2CCC(/C=C/C3CCC(CC)CC3)CC2)CO1. The lowest BCUT2D eigenvalue weighted by molar-refractivity contribution is -0.0413. The summed E-state index contributed by atoms with van der Waals surface area (Å²) < 4.78 is 6.14. The van der Waals surface area contributed by atoms with Crippen molar-refractivity contribution < 1.29 is 4.74 Å². The number of hydrogen-bond acceptors (Lipinski definition) is 1. The van der Waals surface area contributed by atoms with E-state index in [1.54, 1.807) is 0 Å². The van der Waals surface area contributed by atoms with Crippen molar-refractivity contribution in [1.29, 1.82) is 0 Å². The van der Waals surface area contributed by atoms with Gasteiger partial charge in [0.15, 0.2) is 0 Å². The Morgan fingerprint density at radius 2 is 1.32 bits per heavy atom. The van der Waals surface area contributed by atoms with Gasteiger partial charge < -0.3 is 4.74 Å². The van der Waals surface area contributed by atoms with Crippen LogP contribution < -0.4 is 0 Å². The molecule has 0 aromatic heterocycles. The van der Waals surface area contributed by atoms with Crippen molar-refractivity contribution in [3.8, 4) is 0 Å². The van der Waals surface area contributed by atoms with Crippen molar-refractivity contribution in [1.82, 2.24) is 0 Å². The van der Waals surface area contributed by atoms with Crippen LogP contribution in [0.4, 0.5) is 0 Å². The molecule has 0 spiro atoms. The molecule has 0 amide bonds. The van der Waals surface area contributed by atoms with Crippen LogP contribution >= 0.6 is 0 Å². The standard InChI is InChI=1S/C24H42O/c1-3-5-24-17-16-23(18-25-24)22-14-12-21(13-15-22)11-10-20-8-6-19(4-2)7-9-20/h10-11,19-24H,3-9,12-18H2,1-2H3/b11-10+. The summed E-state index contributed by atoms with van der Waals surface area (Å²) >= 11 is 0. The lowest BCUT2D eigenvalue weighted by atomic mass is 9.73. The van der Waals surface area contributed by atoms with Crippen molar-refractivity contribution in [2.45, 2.75) is 103 Å². The van der Waals surface area contributed by atoms with Crippen molar-refractivity contribution in [2.75, 3.05) is 6.61 Å². The zero-order chi connectivity index (χ0) is 17.5. The molecule has 1 nitrogen and oxygen atoms in total. The van der Waals surface area contributed by atoms with Gasteiger partial charge in [0.2, 0.25) is 0 Å². The van der Waals surface area contributed by atoms with E-state index in [4.69, 9.17) is 4.74 Å². The summed E-state index contributed by atoms with van der Waals surface area (Å²) in [5.74, 6) is 4.60. The van der Waals surface area contributed by atoms with Crippen LogP contribution in [-0.4, -0.2) is 12.7 Å². The zero-order valence-electron chi connectivity index (χ0n) is 16.9. The van der Waals surface area contributed by atoms with Gasteiger partial charge in [-0.1, -0.05) is 38.8 Å². The topological polar surface area (TPSA) is 9.23 Å². The van der Waals surface area contributed by atoms with Crippen LogP contribution in [0.25, 0.3) is 0 Å². The molecule has 2 unspecified atom stereocenters. The summed E-state index contributed by atoms with van der Waals surface area (Å²) in [6.45, 7) is 5.69. The van der Waals surface area contributed by atoms with E-state index in [1.165, 1.54) is 83.5 Å². The molecule has 0 N–H and O–H groups in total. The van der Waals surface area contributed by atoms with E-state index >= 15 is 0 Å². The van der Waals surface area contributed by atoms with E-state index in [1.807, 2.05) is 0 Å². The van der Waals surface area contributed by atoms with Gasteiger partial charge >= 0.3 is 0 Å². The minimum Gasteiger partial charge on any atom is -0.378 e. The van der Waals surface area contributed by atoms with Crippen LogP contribution in [0.2, 0.25) is 0 Å². The fraction of sp³-hybridized carbons (Fsp3) is 0.917. The van der Waals surface area contributed by atoms with Gasteiger partial charge in [0, 0.05) is 0 Å². The molecular formula is C24H42O. The molecule has 0 radical (unpaired) electrons. The predicted octanol–water partition coefficient (Wildman–Crippen LogP) is 7.16. The fourth-order valence-corrected chi connectivity index (χ4v) is 5.66. The molecule has 0 aromatic carbocycles. The van der Waals surface area contributed by atoms with Crippen molar-refractivity contribution >= 4 is 0 Å². The molecule has 0 aromatic rings. The van der Waals surface area contributed by atoms with Crippen LogP contribution in [0, 0.1) is 29.6 Å². The van der Waals surface area contributed by atoms with Gasteiger partial charge in [0.05, 0.1) is 12.7 Å². The number of hydrogen-bond donors (Lipinski definition) is 0. The van der Waals surface area contributed by atoms with Gasteiger partial charge in [-0.05, 0) is 100 Å². The lowest BCUT2D eigenvalue weighted by Gasteiger charge is -2.37. The second-order valence-corrected chi connectivity index (χ2v) is 9.33. The highest BCUT2D eigenvalue weighted by molar-refractivity contribution is 4.96. The maximum atomic E-state index is 6.14. The van der Waals surface area contributed by atoms with Crippen molar-refractivity contribution in [3.63, 3.8) is 0 Å². The van der Waals surface area contributed by atoms with E-state index in [9.17, 15) is 0 Å². The quantitative estimate of drug-likeness (QED) is 0.463. The second kappa shape index (κ2) is 10.1. The predicted molar refractivity (Wildman–Crippen MR) is 108 cm³/mol. The molecule has 1 saturated heterocycles. The summed E-state index contributed by atoms with van der Waals surface area (Å²) in [4.78, 5) is 0. The molecule has 2 atom stereocenters. The van der Waals surface area contributed by atoms with Gasteiger partial charge in [-0.25, -0.2) is 0 Å². The first kappa shape index (κ1) is 19.5. The molecule has 3 rings (SSSR count). The number of allylic oxidation sites excluding steroid dienone is 2. The van der Waals surface area contributed by atoms with E-state index in [0.29, 0.717) is 6.10 Å². The summed E-state index contributed by atoms with van der Waals surface area (Å²) in [6, 6.07) is 0. The van der Waals surface area contributed by atoms with Crippen molar-refractivity contribution in [2.24, 2.45) is 29.6 Å². The van der Waals surface area contributed by atoms with Crippen LogP contribution in [0.5, 0.6) is 0 Å². The molecule has 25 heavy (non-hydrogen) atoms. The summed E-state index contributed by atoms with van der Waals surface area (Å²) in [7, 11) is 0. The fourth-order valence-electron chi connectivity index (χ4n) is 5.66. The van der Waals surface area contributed by atoms with Crippen LogP contribution in [0.3, 0.4) is 0 Å². The van der Waals surface area contributed by atoms with Gasteiger partial charge in [-0.2, -0.15) is 0 Å². The Kier molecular flexibility index (Phi) is 7.90. The molecule has 144 valence electrons. The molecule has 2 saturated carbocycles. The summed E-state index contributed by atoms with van der Waals surface area (Å²) in [6.07, 6.45) is 24.1. The molecule has 3 aliphatic rings. The van der Waals surface area contributed by atoms with Crippen molar-refractivity contribution in [3.05, 3.63) is 12.2 Å². The largest absolute Gasteiger partial charge is 0.378 e. The van der Waals surface area contributed by atoms with Gasteiger partial charge in [0.25, 0.3) is 0 Å². The molecule has 3 fully saturated rings. The molecule has 0 bridgehead atoms. The van der Waals surface area contributed by atoms with Crippen LogP contribution in [-0.2, 0) is 4.74 Å². The highest BCUT2D eigenvalue weighted by Gasteiger charge is 2.30. The normalized spacial score (nSPS) is 40.4. The Morgan fingerprint density at radius 3 is 1.84 bits per heavy atom. The Labute approximate surface area is 157 Å². The number of rotatable bonds is 6. The smallest absolute Gasteiger partial charge is 0.0575 e. The third-order valence-electron chi connectivity index (χ3n) is 7.62. The first-order valence-electron chi connectivity index (χ1n) is 11.6. The Hall–Kier alpha value is -0.300. The average Bonchev–Trinajstić information content (AvgIpc) is 2.68. The van der Waals surface area contributed by atoms with Gasteiger partial charge in [0.1, 0.15) is 0 Å². The lowest BCUT2D eigenvalue weighted by Crippen LogP contribution is -2.32. The molecule has 1 heterocycles. The minimum absolute atomic E-state index is 0.573. The summed E-state index contributed by atoms with van der Waals surface area (Å²) in [5.41, 5.74) is 0. The van der Waals surface area contributed by atoms with E-state index < -0.39 is 0 Å². The first-order valence-corrected chi connectivity index (χ1v) is 11.6. The monoisotopic (exact) mass is 346 g/mol. The molecular weight excluding hydrogens is 304 g/mol. The Balaban J connectivity index is 1.34. The second-order valence-electron chi connectivity index (χ2n) is 9.33. The third kappa shape index (κ3) is 5.84. The maximum absolute atomic E-state index is 6.14. The van der Waals surface area contributed by atoms with Crippen LogP contribution in [0.15, 0.2) is 12.2 Å². The highest BCUT2D eigenvalue weighted by Crippen LogP contribution is 2.39. The number of ether oxygens (including phenoxy) is 1. The van der Waals surface area contributed by atoms with E-state index in [-0.39, 0.29) is 0 Å². The first-order chi connectivity index (χ1) is 12.3.